The molecule has 1 aromatic carbocycles. The zero-order valence-corrected chi connectivity index (χ0v) is 17.8. The van der Waals surface area contributed by atoms with Crippen molar-refractivity contribution < 1.29 is 9.59 Å². The lowest BCUT2D eigenvalue weighted by molar-refractivity contribution is -0.129. The molecule has 3 aliphatic heterocycles. The van der Waals surface area contributed by atoms with E-state index >= 15 is 0 Å². The van der Waals surface area contributed by atoms with Crippen LogP contribution in [0.3, 0.4) is 0 Å². The van der Waals surface area contributed by atoms with Gasteiger partial charge in [0.05, 0.1) is 17.1 Å². The van der Waals surface area contributed by atoms with Crippen LogP contribution in [0.2, 0.25) is 5.02 Å². The van der Waals surface area contributed by atoms with Gasteiger partial charge in [0, 0.05) is 43.7 Å². The Balaban J connectivity index is 1.32. The van der Waals surface area contributed by atoms with Crippen LogP contribution in [-0.4, -0.2) is 52.3 Å². The molecular formula is C23H25ClN4O2. The highest BCUT2D eigenvalue weighted by Crippen LogP contribution is 2.39. The van der Waals surface area contributed by atoms with Crippen molar-refractivity contribution in [3.63, 3.8) is 0 Å². The van der Waals surface area contributed by atoms with Crippen molar-refractivity contribution in [3.05, 3.63) is 58.2 Å². The summed E-state index contributed by atoms with van der Waals surface area (Å²) in [6.07, 6.45) is 4.81. The lowest BCUT2D eigenvalue weighted by atomic mass is 9.89. The van der Waals surface area contributed by atoms with Crippen LogP contribution in [0.4, 0.5) is 5.82 Å². The summed E-state index contributed by atoms with van der Waals surface area (Å²) in [5, 5.41) is 4.20. The lowest BCUT2D eigenvalue weighted by Crippen LogP contribution is -2.39. The van der Waals surface area contributed by atoms with E-state index in [9.17, 15) is 9.59 Å². The average Bonchev–Trinajstić information content (AvgIpc) is 3.44. The molecule has 6 nitrogen and oxygen atoms in total. The van der Waals surface area contributed by atoms with Crippen LogP contribution < -0.4 is 5.32 Å². The van der Waals surface area contributed by atoms with Gasteiger partial charge >= 0.3 is 0 Å². The summed E-state index contributed by atoms with van der Waals surface area (Å²) in [5.41, 5.74) is 2.43. The van der Waals surface area contributed by atoms with Crippen LogP contribution in [0.5, 0.6) is 0 Å². The first-order valence-corrected chi connectivity index (χ1v) is 10.9. The molecule has 3 aliphatic rings. The molecule has 0 unspecified atom stereocenters. The summed E-state index contributed by atoms with van der Waals surface area (Å²) in [5.74, 6) is 1.03. The van der Waals surface area contributed by atoms with Crippen molar-refractivity contribution >= 4 is 29.2 Å². The molecule has 30 heavy (non-hydrogen) atoms. The quantitative estimate of drug-likeness (QED) is 0.819. The van der Waals surface area contributed by atoms with Gasteiger partial charge in [-0.05, 0) is 49.1 Å². The first-order chi connectivity index (χ1) is 14.4. The maximum absolute atomic E-state index is 13.1. The third-order valence-corrected chi connectivity index (χ3v) is 6.85. The fourth-order valence-electron chi connectivity index (χ4n) is 4.99. The molecule has 2 saturated heterocycles. The summed E-state index contributed by atoms with van der Waals surface area (Å²) >= 11 is 6.19. The van der Waals surface area contributed by atoms with E-state index in [0.29, 0.717) is 30.1 Å². The van der Waals surface area contributed by atoms with Gasteiger partial charge in [-0.2, -0.15) is 0 Å². The molecule has 1 aromatic heterocycles. The molecule has 2 amide bonds. The molecule has 0 aliphatic carbocycles. The second kappa shape index (κ2) is 7.27. The Kier molecular flexibility index (Phi) is 4.69. The Hall–Kier alpha value is -2.60. The number of aromatic nitrogens is 1. The number of likely N-dealkylation sites (tertiary alicyclic amines) is 2. The highest BCUT2D eigenvalue weighted by molar-refractivity contribution is 6.30. The molecular weight excluding hydrogens is 400 g/mol. The fraction of sp³-hybridized carbons (Fsp3) is 0.435. The van der Waals surface area contributed by atoms with Gasteiger partial charge in [-0.15, -0.1) is 0 Å². The summed E-state index contributed by atoms with van der Waals surface area (Å²) < 4.78 is 0. The van der Waals surface area contributed by atoms with Crippen LogP contribution in [0.15, 0.2) is 36.5 Å². The fourth-order valence-corrected chi connectivity index (χ4v) is 5.18. The van der Waals surface area contributed by atoms with Crippen molar-refractivity contribution in [1.82, 2.24) is 14.8 Å². The number of carbonyl (C=O) groups is 2. The third kappa shape index (κ3) is 3.33. The summed E-state index contributed by atoms with van der Waals surface area (Å²) in [4.78, 5) is 33.5. The van der Waals surface area contributed by atoms with E-state index in [0.717, 1.165) is 42.8 Å². The molecule has 4 heterocycles. The molecule has 7 heteroatoms. The number of amides is 2. The van der Waals surface area contributed by atoms with E-state index in [1.54, 1.807) is 6.20 Å². The average molecular weight is 425 g/mol. The minimum atomic E-state index is -0.309. The van der Waals surface area contributed by atoms with Crippen LogP contribution in [-0.2, 0) is 16.8 Å². The summed E-state index contributed by atoms with van der Waals surface area (Å²) in [7, 11) is 0. The molecule has 0 spiro atoms. The van der Waals surface area contributed by atoms with Crippen molar-refractivity contribution in [2.45, 2.75) is 44.2 Å². The first kappa shape index (κ1) is 19.4. The largest absolute Gasteiger partial charge is 0.360 e. The van der Waals surface area contributed by atoms with Gasteiger partial charge in [0.15, 0.2) is 0 Å². The predicted octanol–water partition coefficient (Wildman–Crippen LogP) is 3.46. The zero-order chi connectivity index (χ0) is 20.9. The Bertz CT molecular complexity index is 1030. The van der Waals surface area contributed by atoms with Crippen LogP contribution >= 0.6 is 11.6 Å². The number of nitrogens with zero attached hydrogens (tertiary/aromatic N) is 3. The molecule has 5 rings (SSSR count). The standard InChI is InChI=1S/C23H25ClN4O2/c1-23(17-4-2-5-18(24)11-17)12-15-10-16(13-25-21(15)26-23)22(30)27-9-7-19(14-27)28-8-3-6-20(28)29/h2,4-5,10-11,13,19H,3,6-9,12,14H2,1H3,(H,25,26)/t19-,23+/m0/s1. The van der Waals surface area contributed by atoms with Crippen molar-refractivity contribution in [2.24, 2.45) is 0 Å². The number of benzene rings is 1. The topological polar surface area (TPSA) is 65.5 Å². The number of anilines is 1. The maximum atomic E-state index is 13.1. The monoisotopic (exact) mass is 424 g/mol. The minimum absolute atomic E-state index is 0.00388. The van der Waals surface area contributed by atoms with Gasteiger partial charge in [0.2, 0.25) is 5.91 Å². The smallest absolute Gasteiger partial charge is 0.255 e. The Labute approximate surface area is 181 Å². The molecule has 2 atom stereocenters. The van der Waals surface area contributed by atoms with Crippen LogP contribution in [0.1, 0.15) is 47.7 Å². The van der Waals surface area contributed by atoms with Gasteiger partial charge in [-0.3, -0.25) is 9.59 Å². The zero-order valence-electron chi connectivity index (χ0n) is 17.0. The Morgan fingerprint density at radius 3 is 2.93 bits per heavy atom. The van der Waals surface area contributed by atoms with Gasteiger partial charge in [0.1, 0.15) is 5.82 Å². The van der Waals surface area contributed by atoms with Crippen molar-refractivity contribution in [3.8, 4) is 0 Å². The third-order valence-electron chi connectivity index (χ3n) is 6.61. The predicted molar refractivity (Wildman–Crippen MR) is 116 cm³/mol. The van der Waals surface area contributed by atoms with E-state index < -0.39 is 0 Å². The highest BCUT2D eigenvalue weighted by Gasteiger charge is 2.37. The number of carbonyl (C=O) groups excluding carboxylic acids is 2. The van der Waals surface area contributed by atoms with Gasteiger partial charge < -0.3 is 15.1 Å². The second-order valence-corrected chi connectivity index (χ2v) is 9.20. The minimum Gasteiger partial charge on any atom is -0.360 e. The van der Waals surface area contributed by atoms with Crippen molar-refractivity contribution in [2.75, 3.05) is 25.0 Å². The molecule has 0 bridgehead atoms. The van der Waals surface area contributed by atoms with E-state index in [-0.39, 0.29) is 23.4 Å². The maximum Gasteiger partial charge on any atom is 0.255 e. The van der Waals surface area contributed by atoms with E-state index in [4.69, 9.17) is 11.6 Å². The van der Waals surface area contributed by atoms with Gasteiger partial charge in [0.25, 0.3) is 5.91 Å². The van der Waals surface area contributed by atoms with Gasteiger partial charge in [-0.1, -0.05) is 23.7 Å². The number of hydrogen-bond donors (Lipinski definition) is 1. The molecule has 0 saturated carbocycles. The van der Waals surface area contributed by atoms with Gasteiger partial charge in [-0.25, -0.2) is 4.98 Å². The SMILES string of the molecule is C[C@]1(c2cccc(Cl)c2)Cc2cc(C(=O)N3CC[C@H](N4CCCC4=O)C3)cnc2N1. The lowest BCUT2D eigenvalue weighted by Gasteiger charge is -2.25. The van der Waals surface area contributed by atoms with Crippen LogP contribution in [0, 0.1) is 0 Å². The second-order valence-electron chi connectivity index (χ2n) is 8.76. The Morgan fingerprint density at radius 2 is 2.17 bits per heavy atom. The van der Waals surface area contributed by atoms with E-state index in [2.05, 4.69) is 23.3 Å². The molecule has 2 aromatic rings. The highest BCUT2D eigenvalue weighted by atomic mass is 35.5. The first-order valence-electron chi connectivity index (χ1n) is 10.5. The van der Waals surface area contributed by atoms with Crippen molar-refractivity contribution in [1.29, 1.82) is 0 Å². The molecule has 156 valence electrons. The summed E-state index contributed by atoms with van der Waals surface area (Å²) in [6, 6.07) is 9.95. The number of pyridine rings is 1. The van der Waals surface area contributed by atoms with Crippen LogP contribution in [0.25, 0.3) is 0 Å². The number of fused-ring (bicyclic) bond motifs is 1. The number of nitrogens with one attached hydrogen (secondary N) is 1. The molecule has 2 fully saturated rings. The Morgan fingerprint density at radius 1 is 1.30 bits per heavy atom. The normalized spacial score (nSPS) is 25.5. The van der Waals surface area contributed by atoms with E-state index in [1.807, 2.05) is 34.1 Å². The summed E-state index contributed by atoms with van der Waals surface area (Å²) in [6.45, 7) is 4.24. The number of hydrogen-bond acceptors (Lipinski definition) is 4. The molecule has 0 radical (unpaired) electrons. The molecule has 1 N–H and O–H groups in total. The van der Waals surface area contributed by atoms with E-state index in [1.165, 1.54) is 0 Å². The number of halogens is 1. The number of rotatable bonds is 3.